The van der Waals surface area contributed by atoms with Crippen molar-refractivity contribution >= 4 is 5.97 Å². The van der Waals surface area contributed by atoms with Gasteiger partial charge in [0, 0.05) is 19.2 Å². The molecule has 1 N–H and O–H groups in total. The first-order valence-corrected chi connectivity index (χ1v) is 6.90. The fourth-order valence-corrected chi connectivity index (χ4v) is 2.64. The van der Waals surface area contributed by atoms with Crippen LogP contribution in [0.5, 0.6) is 0 Å². The summed E-state index contributed by atoms with van der Waals surface area (Å²) in [5.41, 5.74) is 0.448. The highest BCUT2D eigenvalue weighted by molar-refractivity contribution is 5.72. The van der Waals surface area contributed by atoms with Crippen molar-refractivity contribution in [3.05, 3.63) is 0 Å². The topological polar surface area (TPSA) is 49.8 Å². The molecule has 0 aliphatic heterocycles. The largest absolute Gasteiger partial charge is 0.479 e. The first-order chi connectivity index (χ1) is 8.35. The molecular weight excluding hydrogens is 230 g/mol. The predicted octanol–water partition coefficient (Wildman–Crippen LogP) is 2.38. The molecule has 1 unspecified atom stereocenters. The van der Waals surface area contributed by atoms with E-state index in [1.807, 2.05) is 14.0 Å². The summed E-state index contributed by atoms with van der Waals surface area (Å²) in [5.74, 6) is -0.861. The van der Waals surface area contributed by atoms with E-state index in [2.05, 4.69) is 18.7 Å². The number of carboxylic acid groups (broad SMARTS) is 1. The summed E-state index contributed by atoms with van der Waals surface area (Å²) in [4.78, 5) is 13.2. The van der Waals surface area contributed by atoms with Crippen LogP contribution in [-0.2, 0) is 9.53 Å². The van der Waals surface area contributed by atoms with Gasteiger partial charge in [0.25, 0.3) is 0 Å². The van der Waals surface area contributed by atoms with Gasteiger partial charge in [-0.3, -0.25) is 0 Å². The summed E-state index contributed by atoms with van der Waals surface area (Å²) in [6.07, 6.45) is 4.04. The van der Waals surface area contributed by atoms with Gasteiger partial charge >= 0.3 is 5.97 Å². The van der Waals surface area contributed by atoms with Gasteiger partial charge in [-0.05, 0) is 45.1 Å². The molecule has 1 aliphatic carbocycles. The average Bonchev–Trinajstić information content (AvgIpc) is 2.28. The SMILES string of the molecule is CCOC(CN(C)C1CCC(C)(C)CC1)C(=O)O. The van der Waals surface area contributed by atoms with Crippen molar-refractivity contribution in [2.75, 3.05) is 20.2 Å². The van der Waals surface area contributed by atoms with E-state index in [9.17, 15) is 4.79 Å². The first kappa shape index (κ1) is 15.4. The Morgan fingerprint density at radius 2 is 2.00 bits per heavy atom. The van der Waals surface area contributed by atoms with Gasteiger partial charge in [0.1, 0.15) is 0 Å². The van der Waals surface area contributed by atoms with Crippen LogP contribution in [-0.4, -0.2) is 48.3 Å². The molecule has 106 valence electrons. The smallest absolute Gasteiger partial charge is 0.334 e. The Kier molecular flexibility index (Phi) is 5.60. The lowest BCUT2D eigenvalue weighted by Gasteiger charge is -2.39. The van der Waals surface area contributed by atoms with Crippen molar-refractivity contribution in [3.63, 3.8) is 0 Å². The van der Waals surface area contributed by atoms with Crippen LogP contribution in [0, 0.1) is 5.41 Å². The van der Waals surface area contributed by atoms with Gasteiger partial charge < -0.3 is 14.7 Å². The molecule has 18 heavy (non-hydrogen) atoms. The minimum Gasteiger partial charge on any atom is -0.479 e. The highest BCUT2D eigenvalue weighted by Crippen LogP contribution is 2.36. The third kappa shape index (κ3) is 4.58. The lowest BCUT2D eigenvalue weighted by Crippen LogP contribution is -2.44. The normalized spacial score (nSPS) is 22.1. The maximum atomic E-state index is 11.1. The number of ether oxygens (including phenoxy) is 1. The number of rotatable bonds is 6. The van der Waals surface area contributed by atoms with E-state index in [4.69, 9.17) is 9.84 Å². The van der Waals surface area contributed by atoms with Crippen LogP contribution in [0.1, 0.15) is 46.5 Å². The molecule has 0 saturated heterocycles. The number of hydrogen-bond acceptors (Lipinski definition) is 3. The molecule has 4 nitrogen and oxygen atoms in total. The molecule has 1 fully saturated rings. The molecule has 0 heterocycles. The maximum absolute atomic E-state index is 11.1. The molecule has 0 aromatic rings. The van der Waals surface area contributed by atoms with Gasteiger partial charge in [0.15, 0.2) is 6.10 Å². The zero-order valence-corrected chi connectivity index (χ0v) is 12.1. The van der Waals surface area contributed by atoms with Crippen LogP contribution in [0.25, 0.3) is 0 Å². The van der Waals surface area contributed by atoms with Crippen LogP contribution in [0.3, 0.4) is 0 Å². The molecule has 0 aromatic carbocycles. The molecule has 1 saturated carbocycles. The molecule has 1 atom stereocenters. The minimum atomic E-state index is -0.861. The van der Waals surface area contributed by atoms with Crippen molar-refractivity contribution in [2.45, 2.75) is 58.6 Å². The molecular formula is C14H27NO3. The van der Waals surface area contributed by atoms with Crippen molar-refractivity contribution in [1.29, 1.82) is 0 Å². The maximum Gasteiger partial charge on any atom is 0.334 e. The second-order valence-corrected chi connectivity index (χ2v) is 6.12. The van der Waals surface area contributed by atoms with Crippen LogP contribution in [0.2, 0.25) is 0 Å². The van der Waals surface area contributed by atoms with Gasteiger partial charge in [-0.25, -0.2) is 4.79 Å². The fourth-order valence-electron chi connectivity index (χ4n) is 2.64. The Hall–Kier alpha value is -0.610. The molecule has 0 bridgehead atoms. The van der Waals surface area contributed by atoms with Gasteiger partial charge in [0.2, 0.25) is 0 Å². The monoisotopic (exact) mass is 257 g/mol. The summed E-state index contributed by atoms with van der Waals surface area (Å²) in [6.45, 7) is 7.38. The Bertz CT molecular complexity index is 268. The molecule has 0 aromatic heterocycles. The standard InChI is InChI=1S/C14H27NO3/c1-5-18-12(13(16)17)10-15(4)11-6-8-14(2,3)9-7-11/h11-12H,5-10H2,1-4H3,(H,16,17). The third-order valence-electron chi connectivity index (χ3n) is 4.03. The van der Waals surface area contributed by atoms with Crippen LogP contribution < -0.4 is 0 Å². The summed E-state index contributed by atoms with van der Waals surface area (Å²) in [5, 5.41) is 9.08. The highest BCUT2D eigenvalue weighted by atomic mass is 16.5. The average molecular weight is 257 g/mol. The Labute approximate surface area is 110 Å². The molecule has 0 amide bonds. The molecule has 0 spiro atoms. The van der Waals surface area contributed by atoms with Crippen molar-refractivity contribution in [3.8, 4) is 0 Å². The van der Waals surface area contributed by atoms with Gasteiger partial charge in [0.05, 0.1) is 0 Å². The first-order valence-electron chi connectivity index (χ1n) is 6.90. The minimum absolute atomic E-state index is 0.447. The summed E-state index contributed by atoms with van der Waals surface area (Å²) < 4.78 is 5.26. The van der Waals surface area contributed by atoms with Gasteiger partial charge in [-0.1, -0.05) is 13.8 Å². The predicted molar refractivity (Wildman–Crippen MR) is 71.7 cm³/mol. The lowest BCUT2D eigenvalue weighted by atomic mass is 9.75. The Morgan fingerprint density at radius 1 is 1.44 bits per heavy atom. The summed E-state index contributed by atoms with van der Waals surface area (Å²) in [7, 11) is 2.01. The molecule has 4 heteroatoms. The Balaban J connectivity index is 2.44. The van der Waals surface area contributed by atoms with E-state index in [1.54, 1.807) is 0 Å². The van der Waals surface area contributed by atoms with Crippen LogP contribution in [0.4, 0.5) is 0 Å². The lowest BCUT2D eigenvalue weighted by molar-refractivity contribution is -0.151. The van der Waals surface area contributed by atoms with E-state index in [0.717, 1.165) is 12.8 Å². The zero-order valence-electron chi connectivity index (χ0n) is 12.1. The fraction of sp³-hybridized carbons (Fsp3) is 0.929. The second-order valence-electron chi connectivity index (χ2n) is 6.12. The van der Waals surface area contributed by atoms with Crippen LogP contribution in [0.15, 0.2) is 0 Å². The van der Waals surface area contributed by atoms with Gasteiger partial charge in [-0.2, -0.15) is 0 Å². The van der Waals surface area contributed by atoms with Gasteiger partial charge in [-0.15, -0.1) is 0 Å². The van der Waals surface area contributed by atoms with E-state index in [1.165, 1.54) is 12.8 Å². The third-order valence-corrected chi connectivity index (χ3v) is 4.03. The van der Waals surface area contributed by atoms with E-state index < -0.39 is 12.1 Å². The van der Waals surface area contributed by atoms with Crippen molar-refractivity contribution < 1.29 is 14.6 Å². The second kappa shape index (κ2) is 6.53. The number of likely N-dealkylation sites (N-methyl/N-ethyl adjacent to an activating group) is 1. The number of carboxylic acids is 1. The summed E-state index contributed by atoms with van der Waals surface area (Å²) >= 11 is 0. The summed E-state index contributed by atoms with van der Waals surface area (Å²) in [6, 6.07) is 0.500. The van der Waals surface area contributed by atoms with E-state index in [-0.39, 0.29) is 0 Å². The number of carbonyl (C=O) groups is 1. The number of hydrogen-bond donors (Lipinski definition) is 1. The number of nitrogens with zero attached hydrogens (tertiary/aromatic N) is 1. The molecule has 0 radical (unpaired) electrons. The zero-order chi connectivity index (χ0) is 13.8. The number of aliphatic carboxylic acids is 1. The Morgan fingerprint density at radius 3 is 2.44 bits per heavy atom. The van der Waals surface area contributed by atoms with E-state index >= 15 is 0 Å². The van der Waals surface area contributed by atoms with Crippen molar-refractivity contribution in [1.82, 2.24) is 4.90 Å². The highest BCUT2D eigenvalue weighted by Gasteiger charge is 2.30. The van der Waals surface area contributed by atoms with E-state index in [0.29, 0.717) is 24.6 Å². The molecule has 1 rings (SSSR count). The molecule has 1 aliphatic rings. The van der Waals surface area contributed by atoms with Crippen molar-refractivity contribution in [2.24, 2.45) is 5.41 Å². The van der Waals surface area contributed by atoms with Crippen LogP contribution >= 0.6 is 0 Å². The quantitative estimate of drug-likeness (QED) is 0.793.